The summed E-state index contributed by atoms with van der Waals surface area (Å²) in [5.74, 6) is -0.943. The molecule has 2 heterocycles. The van der Waals surface area contributed by atoms with Crippen LogP contribution in [-0.2, 0) is 10.3 Å². The van der Waals surface area contributed by atoms with Gasteiger partial charge in [-0.15, -0.1) is 0 Å². The first-order valence-electron chi connectivity index (χ1n) is 11.5. The van der Waals surface area contributed by atoms with Crippen molar-refractivity contribution in [1.82, 2.24) is 10.2 Å². The lowest BCUT2D eigenvalue weighted by molar-refractivity contribution is -0.132. The van der Waals surface area contributed by atoms with Gasteiger partial charge in [-0.2, -0.15) is 0 Å². The summed E-state index contributed by atoms with van der Waals surface area (Å²) < 4.78 is 20.7. The van der Waals surface area contributed by atoms with Crippen molar-refractivity contribution < 1.29 is 23.8 Å². The number of carbonyl (C=O) groups is 2. The van der Waals surface area contributed by atoms with Crippen LogP contribution in [0, 0.1) is 5.82 Å². The predicted molar refractivity (Wildman–Crippen MR) is 132 cm³/mol. The average molecular weight is 489 g/mol. The van der Waals surface area contributed by atoms with Gasteiger partial charge in [0.15, 0.2) is 11.5 Å². The Morgan fingerprint density at radius 2 is 1.92 bits per heavy atom. The van der Waals surface area contributed by atoms with Gasteiger partial charge in [0, 0.05) is 25.6 Å². The van der Waals surface area contributed by atoms with E-state index in [1.54, 1.807) is 31.3 Å². The first kappa shape index (κ1) is 23.5. The number of carbonyl (C=O) groups excluding carboxylic acids is 2. The van der Waals surface area contributed by atoms with Gasteiger partial charge in [0.25, 0.3) is 11.8 Å². The molecule has 184 valence electrons. The van der Waals surface area contributed by atoms with Crippen molar-refractivity contribution in [3.8, 4) is 16.9 Å². The fraction of sp³-hybridized carbons (Fsp3) is 0.222. The Morgan fingerprint density at radius 1 is 1.19 bits per heavy atom. The Bertz CT molecular complexity index is 1380. The van der Waals surface area contributed by atoms with E-state index in [-0.39, 0.29) is 37.0 Å². The van der Waals surface area contributed by atoms with E-state index >= 15 is 0 Å². The Hall–Kier alpha value is -4.24. The van der Waals surface area contributed by atoms with E-state index in [0.717, 1.165) is 5.56 Å². The molecule has 0 saturated heterocycles. The van der Waals surface area contributed by atoms with Gasteiger partial charge >= 0.3 is 0 Å². The number of halogens is 1. The fourth-order valence-electron chi connectivity index (χ4n) is 4.71. The molecule has 9 heteroatoms. The zero-order chi connectivity index (χ0) is 25.4. The second-order valence-corrected chi connectivity index (χ2v) is 8.80. The number of rotatable bonds is 5. The molecule has 2 amide bonds. The summed E-state index contributed by atoms with van der Waals surface area (Å²) in [5, 5.41) is 11.4. The molecule has 2 atom stereocenters. The maximum Gasteiger partial charge on any atom is 0.261 e. The number of aliphatic hydroxyl groups excluding tert-OH is 1. The quantitative estimate of drug-likeness (QED) is 0.511. The number of benzene rings is 3. The first-order valence-corrected chi connectivity index (χ1v) is 11.5. The lowest BCUT2D eigenvalue weighted by Gasteiger charge is -2.37. The number of nitrogens with zero attached hydrogens (tertiary/aromatic N) is 2. The molecular formula is C27H25FN4O4. The third-order valence-electron chi connectivity index (χ3n) is 6.60. The van der Waals surface area contributed by atoms with Gasteiger partial charge in [-0.05, 0) is 41.0 Å². The number of hydrogen-bond donors (Lipinski definition) is 3. The molecular weight excluding hydrogens is 463 g/mol. The first-order chi connectivity index (χ1) is 17.3. The van der Waals surface area contributed by atoms with Crippen LogP contribution in [0.25, 0.3) is 11.1 Å². The third-order valence-corrected chi connectivity index (χ3v) is 6.60. The van der Waals surface area contributed by atoms with Crippen LogP contribution in [0.5, 0.6) is 5.75 Å². The topological polar surface area (TPSA) is 117 Å². The summed E-state index contributed by atoms with van der Waals surface area (Å²) in [6.07, 6.45) is -0.153. The third kappa shape index (κ3) is 3.87. The molecule has 3 aromatic rings. The number of ether oxygens (including phenoxy) is 1. The predicted octanol–water partition coefficient (Wildman–Crippen LogP) is 2.72. The second kappa shape index (κ2) is 9.09. The number of aliphatic imine (C=N–C) groups is 1. The van der Waals surface area contributed by atoms with Crippen LogP contribution < -0.4 is 15.8 Å². The minimum absolute atomic E-state index is 0.0127. The van der Waals surface area contributed by atoms with E-state index < -0.39 is 23.4 Å². The van der Waals surface area contributed by atoms with E-state index in [0.29, 0.717) is 22.4 Å². The number of guanidine groups is 1. The monoisotopic (exact) mass is 488 g/mol. The molecule has 0 aromatic heterocycles. The Balaban J connectivity index is 1.60. The lowest BCUT2D eigenvalue weighted by Crippen LogP contribution is -2.43. The average Bonchev–Trinajstić information content (AvgIpc) is 3.11. The zero-order valence-corrected chi connectivity index (χ0v) is 19.6. The number of fused-ring (bicyclic) bond motifs is 2. The summed E-state index contributed by atoms with van der Waals surface area (Å²) in [4.78, 5) is 31.9. The Morgan fingerprint density at radius 3 is 2.61 bits per heavy atom. The maximum atomic E-state index is 14.4. The molecule has 8 nitrogen and oxygen atoms in total. The molecule has 1 unspecified atom stereocenters. The van der Waals surface area contributed by atoms with Gasteiger partial charge in [0.2, 0.25) is 0 Å². The van der Waals surface area contributed by atoms with Crippen LogP contribution in [-0.4, -0.2) is 48.0 Å². The van der Waals surface area contributed by atoms with E-state index in [2.05, 4.69) is 10.3 Å². The molecule has 0 aliphatic carbocycles. The zero-order valence-electron chi connectivity index (χ0n) is 19.6. The highest BCUT2D eigenvalue weighted by molar-refractivity contribution is 6.07. The summed E-state index contributed by atoms with van der Waals surface area (Å²) in [5.41, 5.74) is 7.37. The SMILES string of the molecule is CN1C(=O)[C@]2(CC(c3ccccc3)Oc3ccc(-c4ccc(F)c(C(=O)NCCO)c4)cc32)N=C1N. The smallest absolute Gasteiger partial charge is 0.261 e. The van der Waals surface area contributed by atoms with E-state index in [9.17, 15) is 14.0 Å². The second-order valence-electron chi connectivity index (χ2n) is 8.80. The van der Waals surface area contributed by atoms with Crippen molar-refractivity contribution in [3.05, 3.63) is 89.2 Å². The van der Waals surface area contributed by atoms with Gasteiger partial charge in [0.05, 0.1) is 12.2 Å². The highest BCUT2D eigenvalue weighted by Crippen LogP contribution is 2.50. The van der Waals surface area contributed by atoms with Crippen molar-refractivity contribution in [2.75, 3.05) is 20.2 Å². The number of aliphatic hydroxyl groups is 1. The van der Waals surface area contributed by atoms with Crippen LogP contribution in [0.4, 0.5) is 4.39 Å². The minimum Gasteiger partial charge on any atom is -0.485 e. The van der Waals surface area contributed by atoms with Gasteiger partial charge in [0.1, 0.15) is 17.7 Å². The van der Waals surface area contributed by atoms with Crippen molar-refractivity contribution >= 4 is 17.8 Å². The minimum atomic E-state index is -1.27. The van der Waals surface area contributed by atoms with Crippen LogP contribution in [0.3, 0.4) is 0 Å². The molecule has 4 N–H and O–H groups in total. The molecule has 1 spiro atoms. The van der Waals surface area contributed by atoms with Crippen LogP contribution in [0.15, 0.2) is 71.7 Å². The van der Waals surface area contributed by atoms with E-state index in [1.807, 2.05) is 30.3 Å². The Labute approximate surface area is 207 Å². The normalized spacial score (nSPS) is 20.6. The summed E-state index contributed by atoms with van der Waals surface area (Å²) in [6, 6.07) is 19.2. The highest BCUT2D eigenvalue weighted by atomic mass is 19.1. The molecule has 0 bridgehead atoms. The summed E-state index contributed by atoms with van der Waals surface area (Å²) >= 11 is 0. The van der Waals surface area contributed by atoms with Gasteiger partial charge < -0.3 is 20.9 Å². The van der Waals surface area contributed by atoms with Gasteiger partial charge in [-0.1, -0.05) is 42.5 Å². The van der Waals surface area contributed by atoms with E-state index in [1.165, 1.54) is 17.0 Å². The van der Waals surface area contributed by atoms with Crippen molar-refractivity contribution in [2.24, 2.45) is 10.7 Å². The molecule has 5 rings (SSSR count). The number of nitrogens with one attached hydrogen (secondary N) is 1. The molecule has 36 heavy (non-hydrogen) atoms. The number of hydrogen-bond acceptors (Lipinski definition) is 6. The molecule has 2 aliphatic heterocycles. The largest absolute Gasteiger partial charge is 0.485 e. The number of nitrogens with two attached hydrogens (primary N) is 1. The number of likely N-dealkylation sites (N-methyl/N-ethyl adjacent to an activating group) is 1. The lowest BCUT2D eigenvalue weighted by atomic mass is 9.79. The van der Waals surface area contributed by atoms with Crippen molar-refractivity contribution in [1.29, 1.82) is 0 Å². The van der Waals surface area contributed by atoms with Gasteiger partial charge in [-0.25, -0.2) is 9.38 Å². The standard InChI is InChI=1S/C27H25FN4O4/c1-32-25(35)27(31-26(32)29)15-23(16-5-3-2-4-6-16)36-22-10-8-18(14-20(22)27)17-7-9-21(28)19(13-17)24(34)30-11-12-33/h2-10,13-14,23,33H,11-12,15H2,1H3,(H2,29,31)(H,30,34)/t23?,27-/m1/s1. The Kier molecular flexibility index (Phi) is 5.93. The van der Waals surface area contributed by atoms with Crippen molar-refractivity contribution in [2.45, 2.75) is 18.1 Å². The summed E-state index contributed by atoms with van der Waals surface area (Å²) in [6.45, 7) is -0.241. The fourth-order valence-corrected chi connectivity index (χ4v) is 4.71. The molecule has 2 aliphatic rings. The highest BCUT2D eigenvalue weighted by Gasteiger charge is 2.53. The maximum absolute atomic E-state index is 14.4. The van der Waals surface area contributed by atoms with Gasteiger partial charge in [-0.3, -0.25) is 14.5 Å². The molecule has 0 radical (unpaired) electrons. The van der Waals surface area contributed by atoms with Crippen LogP contribution in [0.1, 0.15) is 34.0 Å². The van der Waals surface area contributed by atoms with E-state index in [4.69, 9.17) is 15.6 Å². The molecule has 0 fully saturated rings. The van der Waals surface area contributed by atoms with Crippen molar-refractivity contribution in [3.63, 3.8) is 0 Å². The number of amides is 2. The molecule has 3 aromatic carbocycles. The molecule has 0 saturated carbocycles. The van der Waals surface area contributed by atoms with Crippen LogP contribution >= 0.6 is 0 Å². The van der Waals surface area contributed by atoms with Crippen LogP contribution in [0.2, 0.25) is 0 Å². The summed E-state index contributed by atoms with van der Waals surface area (Å²) in [7, 11) is 1.59.